The van der Waals surface area contributed by atoms with E-state index < -0.39 is 65.3 Å². The summed E-state index contributed by atoms with van der Waals surface area (Å²) in [5.41, 5.74) is 0.293. The molecule has 2 amide bonds. The first kappa shape index (κ1) is 46.4. The number of ether oxygens (including phenoxy) is 2. The third kappa shape index (κ3) is 9.86. The number of halogens is 2. The molecule has 2 N–H and O–H groups in total. The predicted molar refractivity (Wildman–Crippen MR) is 235 cm³/mol. The molecule has 2 saturated heterocycles. The van der Waals surface area contributed by atoms with Crippen molar-refractivity contribution >= 4 is 66.1 Å². The van der Waals surface area contributed by atoms with Crippen LogP contribution in [0.2, 0.25) is 10.0 Å². The van der Waals surface area contributed by atoms with Crippen molar-refractivity contribution in [3.05, 3.63) is 46.4 Å². The molecular weight excluding hydrogens is 876 g/mol. The molecule has 14 nitrogen and oxygen atoms in total. The van der Waals surface area contributed by atoms with Crippen molar-refractivity contribution in [3.8, 4) is 12.1 Å². The average Bonchev–Trinajstić information content (AvgIpc) is 4.12. The molecule has 2 aliphatic heterocycles. The zero-order valence-electron chi connectivity index (χ0n) is 35.3. The number of nitriles is 2. The fourth-order valence-electron chi connectivity index (χ4n) is 9.42. The lowest BCUT2D eigenvalue weighted by atomic mass is 10.0. The zero-order chi connectivity index (χ0) is 44.5. The number of nitrogens with one attached hydrogen (secondary N) is 2. The molecule has 336 valence electrons. The number of sulfone groups is 2. The summed E-state index contributed by atoms with van der Waals surface area (Å²) < 4.78 is 64.5. The van der Waals surface area contributed by atoms with Crippen LogP contribution in [0.4, 0.5) is 11.4 Å². The summed E-state index contributed by atoms with van der Waals surface area (Å²) in [6.45, 7) is 3.78. The summed E-state index contributed by atoms with van der Waals surface area (Å²) in [7, 11) is -4.50. The van der Waals surface area contributed by atoms with Crippen LogP contribution in [0, 0.1) is 34.5 Å². The van der Waals surface area contributed by atoms with Gasteiger partial charge in [0.2, 0.25) is 11.8 Å². The Hall–Kier alpha value is -3.64. The van der Waals surface area contributed by atoms with Gasteiger partial charge in [-0.3, -0.25) is 9.59 Å². The SMILES string of the molecule is CO[C@@H]1C[C@H](S(=O)(=O)c2ccc(N3CCCCC3)cc2Cl)C[C@H]1C(=O)NC1(C#N)CC1.CO[C@H]1C[C@@H](S(=O)(=O)c2ccc(N3CCCCC3)cc2Cl)C[C@@H]1C(=O)NC1(C#N)CC1. The molecule has 4 aliphatic carbocycles. The van der Waals surface area contributed by atoms with Gasteiger partial charge in [0.1, 0.15) is 11.1 Å². The first-order valence-corrected chi connectivity index (χ1v) is 25.5. The number of carbonyl (C=O) groups is 2. The molecular formula is C44H56Cl2N6O8S2. The number of piperidine rings is 2. The van der Waals surface area contributed by atoms with Gasteiger partial charge in [-0.2, -0.15) is 10.5 Å². The lowest BCUT2D eigenvalue weighted by Gasteiger charge is -2.29. The van der Waals surface area contributed by atoms with Crippen LogP contribution < -0.4 is 20.4 Å². The molecule has 0 spiro atoms. The van der Waals surface area contributed by atoms with Crippen molar-refractivity contribution in [2.24, 2.45) is 11.8 Å². The Morgan fingerprint density at radius 2 is 0.984 bits per heavy atom. The van der Waals surface area contributed by atoms with Crippen molar-refractivity contribution in [1.82, 2.24) is 10.6 Å². The topological polar surface area (TPSA) is 199 Å². The highest BCUT2D eigenvalue weighted by Gasteiger charge is 2.52. The van der Waals surface area contributed by atoms with E-state index in [1.807, 2.05) is 12.1 Å². The smallest absolute Gasteiger partial charge is 0.227 e. The third-order valence-electron chi connectivity index (χ3n) is 13.6. The molecule has 18 heteroatoms. The van der Waals surface area contributed by atoms with Gasteiger partial charge >= 0.3 is 0 Å². The van der Waals surface area contributed by atoms with Crippen LogP contribution in [-0.4, -0.2) is 103 Å². The summed E-state index contributed by atoms with van der Waals surface area (Å²) in [4.78, 5) is 30.2. The molecule has 2 heterocycles. The van der Waals surface area contributed by atoms with Crippen LogP contribution in [-0.2, 0) is 38.7 Å². The number of amides is 2. The van der Waals surface area contributed by atoms with Crippen LogP contribution in [0.25, 0.3) is 0 Å². The van der Waals surface area contributed by atoms with Gasteiger partial charge in [-0.25, -0.2) is 16.8 Å². The van der Waals surface area contributed by atoms with E-state index in [4.69, 9.17) is 32.7 Å². The molecule has 0 unspecified atom stereocenters. The number of benzene rings is 2. The number of anilines is 2. The Labute approximate surface area is 375 Å². The van der Waals surface area contributed by atoms with Crippen LogP contribution in [0.1, 0.15) is 89.9 Å². The number of methoxy groups -OCH3 is 2. The van der Waals surface area contributed by atoms with E-state index in [-0.39, 0.29) is 57.3 Å². The van der Waals surface area contributed by atoms with Gasteiger partial charge in [-0.1, -0.05) is 23.2 Å². The Morgan fingerprint density at radius 3 is 1.27 bits per heavy atom. The van der Waals surface area contributed by atoms with Gasteiger partial charge in [0.25, 0.3) is 0 Å². The zero-order valence-corrected chi connectivity index (χ0v) is 38.4. The van der Waals surface area contributed by atoms with Crippen LogP contribution in [0.5, 0.6) is 0 Å². The third-order valence-corrected chi connectivity index (χ3v) is 18.9. The molecule has 2 aromatic carbocycles. The number of hydrogen-bond donors (Lipinski definition) is 2. The normalized spacial score (nSPS) is 27.5. The van der Waals surface area contributed by atoms with Gasteiger partial charge < -0.3 is 29.9 Å². The van der Waals surface area contributed by atoms with Crippen molar-refractivity contribution in [2.75, 3.05) is 50.2 Å². The van der Waals surface area contributed by atoms with E-state index in [2.05, 4.69) is 32.6 Å². The minimum absolute atomic E-state index is 0.103. The summed E-state index contributed by atoms with van der Waals surface area (Å²) in [6.07, 6.45) is 9.12. The van der Waals surface area contributed by atoms with Gasteiger partial charge in [-0.05, 0) is 126 Å². The fraction of sp³-hybridized carbons (Fsp3) is 0.636. The molecule has 6 atom stereocenters. The molecule has 0 aromatic heterocycles. The number of carbonyl (C=O) groups excluding carboxylic acids is 2. The summed E-state index contributed by atoms with van der Waals surface area (Å²) in [5, 5.41) is 23.0. The van der Waals surface area contributed by atoms with E-state index in [1.54, 1.807) is 24.3 Å². The highest BCUT2D eigenvalue weighted by Crippen LogP contribution is 2.43. The second kappa shape index (κ2) is 18.8. The molecule has 0 bridgehead atoms. The maximum atomic E-state index is 13.4. The van der Waals surface area contributed by atoms with E-state index in [0.29, 0.717) is 25.7 Å². The lowest BCUT2D eigenvalue weighted by molar-refractivity contribution is -0.129. The number of nitrogens with zero attached hydrogens (tertiary/aromatic N) is 4. The van der Waals surface area contributed by atoms with Gasteiger partial charge in [0.15, 0.2) is 19.7 Å². The Morgan fingerprint density at radius 1 is 0.629 bits per heavy atom. The van der Waals surface area contributed by atoms with Crippen LogP contribution in [0.3, 0.4) is 0 Å². The molecule has 6 aliphatic rings. The Kier molecular flexibility index (Phi) is 14.1. The first-order chi connectivity index (χ1) is 29.6. The van der Waals surface area contributed by atoms with Crippen LogP contribution >= 0.6 is 23.2 Å². The Bertz CT molecular complexity index is 2150. The molecule has 4 saturated carbocycles. The highest BCUT2D eigenvalue weighted by molar-refractivity contribution is 7.92. The van der Waals surface area contributed by atoms with Gasteiger partial charge in [0.05, 0.1) is 66.5 Å². The quantitative estimate of drug-likeness (QED) is 0.247. The van der Waals surface area contributed by atoms with E-state index in [1.165, 1.54) is 27.1 Å². The molecule has 8 rings (SSSR count). The molecule has 62 heavy (non-hydrogen) atoms. The summed E-state index contributed by atoms with van der Waals surface area (Å²) in [5.74, 6) is -1.84. The average molecular weight is 932 g/mol. The van der Waals surface area contributed by atoms with E-state index in [9.17, 15) is 36.9 Å². The Balaban J connectivity index is 0.000000186. The lowest BCUT2D eigenvalue weighted by Crippen LogP contribution is -2.42. The molecule has 0 radical (unpaired) electrons. The van der Waals surface area contributed by atoms with Crippen LogP contribution in [0.15, 0.2) is 46.2 Å². The fourth-order valence-corrected chi connectivity index (χ4v) is 14.1. The van der Waals surface area contributed by atoms with Crippen molar-refractivity contribution in [1.29, 1.82) is 10.5 Å². The summed E-state index contributed by atoms with van der Waals surface area (Å²) in [6, 6.07) is 14.6. The standard InChI is InChI=1S/2C22H28ClN3O4S/c2*1-30-19-13-16(12-17(19)21(27)25-22(14-24)7-8-22)31(28,29)20-6-5-15(11-18(20)23)26-9-3-2-4-10-26/h2*5-6,11,16-17,19H,2-4,7-10,12-13H2,1H3,(H,25,27)/t2*16-,17-,19-/m10/s1. The largest absolute Gasteiger partial charge is 0.381 e. The maximum Gasteiger partial charge on any atom is 0.227 e. The van der Waals surface area contributed by atoms with Crippen molar-refractivity contribution in [3.63, 3.8) is 0 Å². The van der Waals surface area contributed by atoms with Crippen molar-refractivity contribution < 1.29 is 35.9 Å². The van der Waals surface area contributed by atoms with Crippen molar-refractivity contribution in [2.45, 2.75) is 133 Å². The van der Waals surface area contributed by atoms with E-state index in [0.717, 1.165) is 63.2 Å². The number of hydrogen-bond acceptors (Lipinski definition) is 12. The maximum absolute atomic E-state index is 13.4. The predicted octanol–water partition coefficient (Wildman–Crippen LogP) is 6.14. The number of rotatable bonds is 12. The second-order valence-corrected chi connectivity index (χ2v) is 22.9. The second-order valence-electron chi connectivity index (χ2n) is 17.7. The minimum Gasteiger partial charge on any atom is -0.381 e. The van der Waals surface area contributed by atoms with E-state index >= 15 is 0 Å². The summed E-state index contributed by atoms with van der Waals surface area (Å²) >= 11 is 12.9. The highest BCUT2D eigenvalue weighted by atomic mass is 35.5. The monoisotopic (exact) mass is 930 g/mol. The first-order valence-electron chi connectivity index (χ1n) is 21.7. The molecule has 2 aromatic rings. The van der Waals surface area contributed by atoms with Gasteiger partial charge in [-0.15, -0.1) is 0 Å². The molecule has 6 fully saturated rings. The van der Waals surface area contributed by atoms with Gasteiger partial charge in [0, 0.05) is 51.8 Å². The minimum atomic E-state index is -3.74.